The minimum absolute atomic E-state index is 0.222. The summed E-state index contributed by atoms with van der Waals surface area (Å²) in [5.41, 5.74) is 4.89. The molecule has 0 fully saturated rings. The van der Waals surface area contributed by atoms with E-state index < -0.39 is 10.0 Å². The van der Waals surface area contributed by atoms with Crippen molar-refractivity contribution in [3.63, 3.8) is 0 Å². The molecule has 1 N–H and O–H groups in total. The molecule has 0 amide bonds. The van der Waals surface area contributed by atoms with E-state index in [1.807, 2.05) is 25.1 Å². The summed E-state index contributed by atoms with van der Waals surface area (Å²) in [6, 6.07) is 17.7. The van der Waals surface area contributed by atoms with Crippen LogP contribution >= 0.6 is 0 Å². The minimum Gasteiger partial charge on any atom is -0.310 e. The van der Waals surface area contributed by atoms with Crippen molar-refractivity contribution >= 4 is 10.0 Å². The van der Waals surface area contributed by atoms with Crippen LogP contribution in [0.15, 0.2) is 70.6 Å². The maximum Gasteiger partial charge on any atom is 0.243 e. The summed E-state index contributed by atoms with van der Waals surface area (Å²) in [5.74, 6) is 0. The van der Waals surface area contributed by atoms with Gasteiger partial charge in [-0.05, 0) is 49.6 Å². The maximum absolute atomic E-state index is 13.0. The first kappa shape index (κ1) is 17.5. The zero-order valence-corrected chi connectivity index (χ0v) is 15.8. The van der Waals surface area contributed by atoms with E-state index in [1.54, 1.807) is 16.4 Å². The summed E-state index contributed by atoms with van der Waals surface area (Å²) in [6.07, 6.45) is 1.83. The molecule has 2 aliphatic rings. The van der Waals surface area contributed by atoms with Crippen molar-refractivity contribution in [3.8, 4) is 0 Å². The molecule has 4 nitrogen and oxygen atoms in total. The van der Waals surface area contributed by atoms with Gasteiger partial charge in [0.15, 0.2) is 0 Å². The fourth-order valence-corrected chi connectivity index (χ4v) is 5.28. The molecule has 4 rings (SSSR count). The number of aryl methyl sites for hydroxylation is 1. The quantitative estimate of drug-likeness (QED) is 0.844. The highest BCUT2D eigenvalue weighted by atomic mass is 32.2. The van der Waals surface area contributed by atoms with Crippen molar-refractivity contribution in [3.05, 3.63) is 76.9 Å². The first-order valence-electron chi connectivity index (χ1n) is 9.09. The lowest BCUT2D eigenvalue weighted by molar-refractivity contribution is 0.474. The number of nitrogens with one attached hydrogen (secondary N) is 1. The first-order valence-corrected chi connectivity index (χ1v) is 10.5. The van der Waals surface area contributed by atoms with E-state index in [1.165, 1.54) is 16.7 Å². The molecular weight excluding hydrogens is 344 g/mol. The molecule has 0 bridgehead atoms. The molecule has 2 aliphatic heterocycles. The van der Waals surface area contributed by atoms with Gasteiger partial charge >= 0.3 is 0 Å². The molecule has 2 aromatic carbocycles. The largest absolute Gasteiger partial charge is 0.310 e. The molecule has 1 unspecified atom stereocenters. The van der Waals surface area contributed by atoms with Gasteiger partial charge in [-0.25, -0.2) is 8.42 Å². The lowest BCUT2D eigenvalue weighted by Gasteiger charge is -2.26. The van der Waals surface area contributed by atoms with E-state index in [9.17, 15) is 8.42 Å². The van der Waals surface area contributed by atoms with Gasteiger partial charge in [-0.15, -0.1) is 0 Å². The molecule has 136 valence electrons. The van der Waals surface area contributed by atoms with Crippen molar-refractivity contribution in [1.29, 1.82) is 0 Å². The van der Waals surface area contributed by atoms with Gasteiger partial charge in [-0.1, -0.05) is 53.6 Å². The normalized spacial score (nSPS) is 21.0. The Bertz CT molecular complexity index is 918. The molecule has 0 aromatic heterocycles. The second-order valence-corrected chi connectivity index (χ2v) is 9.10. The first-order chi connectivity index (χ1) is 12.5. The van der Waals surface area contributed by atoms with Crippen molar-refractivity contribution in [2.75, 3.05) is 19.6 Å². The average Bonchev–Trinajstić information content (AvgIpc) is 3.09. The fourth-order valence-electron chi connectivity index (χ4n) is 3.86. The molecule has 0 saturated carbocycles. The number of sulfonamides is 1. The Hall–Kier alpha value is -1.95. The summed E-state index contributed by atoms with van der Waals surface area (Å²) < 4.78 is 27.7. The molecule has 0 radical (unpaired) electrons. The van der Waals surface area contributed by atoms with Crippen LogP contribution in [0.1, 0.15) is 17.5 Å². The monoisotopic (exact) mass is 368 g/mol. The Morgan fingerprint density at radius 3 is 2.50 bits per heavy atom. The molecule has 0 saturated heterocycles. The van der Waals surface area contributed by atoms with Crippen LogP contribution in [0.3, 0.4) is 0 Å². The third kappa shape index (κ3) is 3.34. The summed E-state index contributed by atoms with van der Waals surface area (Å²) >= 11 is 0. The van der Waals surface area contributed by atoms with Gasteiger partial charge in [-0.3, -0.25) is 0 Å². The number of nitrogens with zero attached hydrogens (tertiary/aromatic N) is 1. The Kier molecular flexibility index (Phi) is 4.69. The molecule has 2 aromatic rings. The van der Waals surface area contributed by atoms with Crippen LogP contribution in [-0.2, 0) is 16.4 Å². The van der Waals surface area contributed by atoms with Crippen molar-refractivity contribution in [2.24, 2.45) is 0 Å². The topological polar surface area (TPSA) is 49.4 Å². The van der Waals surface area contributed by atoms with Crippen molar-refractivity contribution < 1.29 is 8.42 Å². The SMILES string of the molecule is Cc1ccc(S(=O)(=O)N2CC3=C(C2)C(Cc2ccccc2)NCC3)cc1. The van der Waals surface area contributed by atoms with Gasteiger partial charge in [-0.2, -0.15) is 4.31 Å². The van der Waals surface area contributed by atoms with Crippen LogP contribution in [0.2, 0.25) is 0 Å². The third-order valence-electron chi connectivity index (χ3n) is 5.35. The molecular formula is C21H24N2O2S. The molecule has 26 heavy (non-hydrogen) atoms. The van der Waals surface area contributed by atoms with Gasteiger partial charge in [0.05, 0.1) is 4.90 Å². The van der Waals surface area contributed by atoms with Crippen LogP contribution in [0.4, 0.5) is 0 Å². The summed E-state index contributed by atoms with van der Waals surface area (Å²) in [5, 5.41) is 3.58. The predicted molar refractivity (Wildman–Crippen MR) is 104 cm³/mol. The van der Waals surface area contributed by atoms with E-state index in [4.69, 9.17) is 0 Å². The number of benzene rings is 2. The number of rotatable bonds is 4. The molecule has 1 atom stereocenters. The Balaban J connectivity index is 1.55. The maximum atomic E-state index is 13.0. The molecule has 2 heterocycles. The van der Waals surface area contributed by atoms with Crippen LogP contribution in [0.5, 0.6) is 0 Å². The molecule has 5 heteroatoms. The summed E-state index contributed by atoms with van der Waals surface area (Å²) in [4.78, 5) is 0.385. The van der Waals surface area contributed by atoms with Gasteiger partial charge in [0.2, 0.25) is 10.0 Å². The van der Waals surface area contributed by atoms with Crippen LogP contribution in [0.25, 0.3) is 0 Å². The lowest BCUT2D eigenvalue weighted by atomic mass is 9.92. The highest BCUT2D eigenvalue weighted by Gasteiger charge is 2.36. The van der Waals surface area contributed by atoms with E-state index in [0.29, 0.717) is 18.0 Å². The highest BCUT2D eigenvalue weighted by molar-refractivity contribution is 7.89. The second-order valence-electron chi connectivity index (χ2n) is 7.16. The van der Waals surface area contributed by atoms with Gasteiger partial charge < -0.3 is 5.32 Å². The van der Waals surface area contributed by atoms with Gasteiger partial charge in [0, 0.05) is 19.1 Å². The fraction of sp³-hybridized carbons (Fsp3) is 0.333. The summed E-state index contributed by atoms with van der Waals surface area (Å²) in [6.45, 7) is 3.90. The van der Waals surface area contributed by atoms with Gasteiger partial charge in [0.25, 0.3) is 0 Å². The smallest absolute Gasteiger partial charge is 0.243 e. The average molecular weight is 369 g/mol. The zero-order valence-electron chi connectivity index (χ0n) is 15.0. The number of hydrogen-bond donors (Lipinski definition) is 1. The van der Waals surface area contributed by atoms with Crippen LogP contribution in [-0.4, -0.2) is 38.4 Å². The Labute approximate surface area is 155 Å². The van der Waals surface area contributed by atoms with Crippen LogP contribution in [0, 0.1) is 6.92 Å². The van der Waals surface area contributed by atoms with Crippen molar-refractivity contribution in [2.45, 2.75) is 30.7 Å². The van der Waals surface area contributed by atoms with Crippen LogP contribution < -0.4 is 5.32 Å². The summed E-state index contributed by atoms with van der Waals surface area (Å²) in [7, 11) is -3.45. The van der Waals surface area contributed by atoms with E-state index in [-0.39, 0.29) is 6.04 Å². The highest BCUT2D eigenvalue weighted by Crippen LogP contribution is 2.31. The molecule has 0 spiro atoms. The number of hydrogen-bond acceptors (Lipinski definition) is 3. The zero-order chi connectivity index (χ0) is 18.1. The predicted octanol–water partition coefficient (Wildman–Crippen LogP) is 2.90. The second kappa shape index (κ2) is 6.99. The van der Waals surface area contributed by atoms with E-state index >= 15 is 0 Å². The standard InChI is InChI=1S/C21H24N2O2S/c1-16-7-9-19(10-8-16)26(24,25)23-14-18-11-12-22-21(20(18)15-23)13-17-5-3-2-4-6-17/h2-10,21-22H,11-15H2,1H3. The lowest BCUT2D eigenvalue weighted by Crippen LogP contribution is -2.39. The van der Waals surface area contributed by atoms with Gasteiger partial charge in [0.1, 0.15) is 0 Å². The van der Waals surface area contributed by atoms with E-state index in [0.717, 1.165) is 24.9 Å². The van der Waals surface area contributed by atoms with E-state index in [2.05, 4.69) is 29.6 Å². The van der Waals surface area contributed by atoms with Crippen molar-refractivity contribution in [1.82, 2.24) is 9.62 Å². The molecule has 0 aliphatic carbocycles. The Morgan fingerprint density at radius 2 is 1.77 bits per heavy atom. The Morgan fingerprint density at radius 1 is 1.04 bits per heavy atom. The third-order valence-corrected chi connectivity index (χ3v) is 7.15. The minimum atomic E-state index is -3.45.